The minimum atomic E-state index is -0.928. The molecule has 22 heavy (non-hydrogen) atoms. The predicted molar refractivity (Wildman–Crippen MR) is 91.9 cm³/mol. The number of allylic oxidation sites excluding steroid dienone is 5. The molecule has 0 amide bonds. The van der Waals surface area contributed by atoms with Crippen LogP contribution in [-0.2, 0) is 6.42 Å². The van der Waals surface area contributed by atoms with Gasteiger partial charge >= 0.3 is 0 Å². The lowest BCUT2D eigenvalue weighted by Crippen LogP contribution is -2.20. The molecule has 1 nitrogen and oxygen atoms in total. The molecule has 2 aliphatic rings. The average Bonchev–Trinajstić information content (AvgIpc) is 2.81. The molecule has 2 heteroatoms. The molecule has 0 aromatic heterocycles. The highest BCUT2D eigenvalue weighted by Gasteiger charge is 2.26. The van der Waals surface area contributed by atoms with Crippen molar-refractivity contribution in [2.45, 2.75) is 32.9 Å². The van der Waals surface area contributed by atoms with E-state index in [0.29, 0.717) is 12.0 Å². The topological polar surface area (TPSA) is 3.24 Å². The molecule has 1 aliphatic carbocycles. The van der Waals surface area contributed by atoms with Crippen LogP contribution in [0.4, 0.5) is 4.39 Å². The fraction of sp³-hybridized carbons (Fsp3) is 0.300. The van der Waals surface area contributed by atoms with Gasteiger partial charge in [0.15, 0.2) is 0 Å². The number of benzene rings is 1. The van der Waals surface area contributed by atoms with Gasteiger partial charge in [0.1, 0.15) is 6.17 Å². The third-order valence-electron chi connectivity index (χ3n) is 4.39. The van der Waals surface area contributed by atoms with Crippen molar-refractivity contribution in [3.8, 4) is 0 Å². The molecule has 0 saturated carbocycles. The third kappa shape index (κ3) is 2.43. The van der Waals surface area contributed by atoms with Gasteiger partial charge in [-0.15, -0.1) is 0 Å². The standard InChI is InChI=1S/C20H22FN/c1-4-10-22-11-6-7-18(20(22)5-2)15-8-9-17-14(3)19(21)13-16(17)12-15/h5-9,11-12,19H,3-4,10,13H2,1-2H3/b20-5-. The van der Waals surface area contributed by atoms with Crippen LogP contribution in [0.15, 0.2) is 54.9 Å². The van der Waals surface area contributed by atoms with E-state index in [1.165, 1.54) is 11.3 Å². The first-order valence-corrected chi connectivity index (χ1v) is 7.94. The Hall–Kier alpha value is -2.09. The van der Waals surface area contributed by atoms with E-state index in [1.54, 1.807) is 0 Å². The maximum atomic E-state index is 13.8. The van der Waals surface area contributed by atoms with Crippen LogP contribution in [0.3, 0.4) is 0 Å². The summed E-state index contributed by atoms with van der Waals surface area (Å²) >= 11 is 0. The van der Waals surface area contributed by atoms with Crippen molar-refractivity contribution in [1.82, 2.24) is 4.90 Å². The summed E-state index contributed by atoms with van der Waals surface area (Å²) in [6, 6.07) is 6.22. The largest absolute Gasteiger partial charge is 0.348 e. The van der Waals surface area contributed by atoms with Crippen molar-refractivity contribution in [1.29, 1.82) is 0 Å². The van der Waals surface area contributed by atoms with Gasteiger partial charge in [-0.25, -0.2) is 4.39 Å². The molecule has 0 radical (unpaired) electrons. The van der Waals surface area contributed by atoms with Gasteiger partial charge in [-0.1, -0.05) is 43.9 Å². The number of rotatable bonds is 3. The third-order valence-corrected chi connectivity index (χ3v) is 4.39. The second-order valence-corrected chi connectivity index (χ2v) is 5.86. The van der Waals surface area contributed by atoms with E-state index >= 15 is 0 Å². The first-order chi connectivity index (χ1) is 10.7. The van der Waals surface area contributed by atoms with Crippen molar-refractivity contribution in [3.05, 3.63) is 71.6 Å². The monoisotopic (exact) mass is 295 g/mol. The molecule has 0 saturated heterocycles. The molecule has 0 spiro atoms. The van der Waals surface area contributed by atoms with Gasteiger partial charge in [-0.2, -0.15) is 0 Å². The lowest BCUT2D eigenvalue weighted by Gasteiger charge is -2.28. The van der Waals surface area contributed by atoms with Gasteiger partial charge in [-0.05, 0) is 41.7 Å². The van der Waals surface area contributed by atoms with E-state index in [4.69, 9.17) is 0 Å². The van der Waals surface area contributed by atoms with Crippen LogP contribution in [0.1, 0.15) is 37.0 Å². The Morgan fingerprint density at radius 3 is 2.95 bits per heavy atom. The van der Waals surface area contributed by atoms with E-state index in [0.717, 1.165) is 29.7 Å². The Bertz CT molecular complexity index is 694. The van der Waals surface area contributed by atoms with Gasteiger partial charge in [0.05, 0.1) is 0 Å². The molecule has 1 unspecified atom stereocenters. The molecule has 3 rings (SSSR count). The molecule has 1 aromatic carbocycles. The zero-order valence-electron chi connectivity index (χ0n) is 13.3. The maximum Gasteiger partial charge on any atom is 0.129 e. The van der Waals surface area contributed by atoms with E-state index < -0.39 is 6.17 Å². The van der Waals surface area contributed by atoms with Crippen molar-refractivity contribution in [2.24, 2.45) is 0 Å². The smallest absolute Gasteiger partial charge is 0.129 e. The highest BCUT2D eigenvalue weighted by atomic mass is 19.1. The highest BCUT2D eigenvalue weighted by molar-refractivity contribution is 5.83. The second kappa shape index (κ2) is 5.96. The maximum absolute atomic E-state index is 13.8. The highest BCUT2D eigenvalue weighted by Crippen LogP contribution is 2.37. The average molecular weight is 295 g/mol. The Balaban J connectivity index is 1.98. The van der Waals surface area contributed by atoms with Crippen molar-refractivity contribution in [2.75, 3.05) is 6.54 Å². The molecule has 1 heterocycles. The Morgan fingerprint density at radius 1 is 1.41 bits per heavy atom. The summed E-state index contributed by atoms with van der Waals surface area (Å²) in [4.78, 5) is 2.28. The summed E-state index contributed by atoms with van der Waals surface area (Å²) < 4.78 is 13.8. The van der Waals surface area contributed by atoms with Crippen LogP contribution in [0, 0.1) is 0 Å². The molecule has 1 aliphatic heterocycles. The van der Waals surface area contributed by atoms with Crippen molar-refractivity contribution in [3.63, 3.8) is 0 Å². The van der Waals surface area contributed by atoms with Gasteiger partial charge in [0.25, 0.3) is 0 Å². The number of alkyl halides is 1. The predicted octanol–water partition coefficient (Wildman–Crippen LogP) is 5.12. The zero-order chi connectivity index (χ0) is 15.7. The van der Waals surface area contributed by atoms with E-state index in [-0.39, 0.29) is 0 Å². The van der Waals surface area contributed by atoms with Crippen LogP contribution in [0.25, 0.3) is 11.1 Å². The minimum Gasteiger partial charge on any atom is -0.348 e. The fourth-order valence-electron chi connectivity index (χ4n) is 3.29. The second-order valence-electron chi connectivity index (χ2n) is 5.86. The van der Waals surface area contributed by atoms with E-state index in [1.807, 2.05) is 6.07 Å². The molecular weight excluding hydrogens is 273 g/mol. The first kappa shape index (κ1) is 14.8. The molecule has 0 bridgehead atoms. The van der Waals surface area contributed by atoms with Crippen LogP contribution >= 0.6 is 0 Å². The van der Waals surface area contributed by atoms with Crippen LogP contribution < -0.4 is 0 Å². The van der Waals surface area contributed by atoms with Gasteiger partial charge in [0, 0.05) is 30.4 Å². The minimum absolute atomic E-state index is 0.453. The summed E-state index contributed by atoms with van der Waals surface area (Å²) in [6.07, 6.45) is 9.12. The lowest BCUT2D eigenvalue weighted by atomic mass is 9.95. The number of nitrogens with zero attached hydrogens (tertiary/aromatic N) is 1. The number of fused-ring (bicyclic) bond motifs is 1. The van der Waals surface area contributed by atoms with E-state index in [9.17, 15) is 4.39 Å². The molecule has 114 valence electrons. The van der Waals surface area contributed by atoms with Gasteiger partial charge in [-0.3, -0.25) is 0 Å². The number of hydrogen-bond donors (Lipinski definition) is 0. The Kier molecular flexibility index (Phi) is 4.02. The first-order valence-electron chi connectivity index (χ1n) is 7.94. The quantitative estimate of drug-likeness (QED) is 0.748. The molecular formula is C20H22FN. The molecule has 0 N–H and O–H groups in total. The van der Waals surface area contributed by atoms with Crippen LogP contribution in [0.5, 0.6) is 0 Å². The fourth-order valence-corrected chi connectivity index (χ4v) is 3.29. The SMILES string of the molecule is C=C1c2ccc(C3=CC=CN(CCC)/C3=C\C)cc2CC1F. The van der Waals surface area contributed by atoms with Crippen LogP contribution in [0.2, 0.25) is 0 Å². The summed E-state index contributed by atoms with van der Waals surface area (Å²) in [5, 5.41) is 0. The number of halogens is 1. The summed E-state index contributed by atoms with van der Waals surface area (Å²) in [7, 11) is 0. The van der Waals surface area contributed by atoms with Crippen LogP contribution in [-0.4, -0.2) is 17.6 Å². The number of hydrogen-bond acceptors (Lipinski definition) is 1. The summed E-state index contributed by atoms with van der Waals surface area (Å²) in [5.74, 6) is 0. The molecule has 1 atom stereocenters. The molecule has 1 aromatic rings. The lowest BCUT2D eigenvalue weighted by molar-refractivity contribution is 0.421. The van der Waals surface area contributed by atoms with Gasteiger partial charge in [0.2, 0.25) is 0 Å². The summed E-state index contributed by atoms with van der Waals surface area (Å²) in [6.45, 7) is 9.12. The Morgan fingerprint density at radius 2 is 2.23 bits per heavy atom. The van der Waals surface area contributed by atoms with E-state index in [2.05, 4.69) is 61.9 Å². The van der Waals surface area contributed by atoms with Gasteiger partial charge < -0.3 is 4.90 Å². The van der Waals surface area contributed by atoms with Crippen molar-refractivity contribution >= 4 is 11.1 Å². The normalized spacial score (nSPS) is 22.2. The molecule has 0 fully saturated rings. The summed E-state index contributed by atoms with van der Waals surface area (Å²) in [5.41, 5.74) is 6.25. The van der Waals surface area contributed by atoms with Crippen molar-refractivity contribution < 1.29 is 4.39 Å². The zero-order valence-corrected chi connectivity index (χ0v) is 13.3. The Labute approximate surface area is 132 Å².